The van der Waals surface area contributed by atoms with E-state index in [2.05, 4.69) is 11.8 Å². The molecule has 1 nitrogen and oxygen atoms in total. The van der Waals surface area contributed by atoms with E-state index in [0.717, 1.165) is 12.0 Å². The molecule has 0 aromatic rings. The summed E-state index contributed by atoms with van der Waals surface area (Å²) in [5, 5.41) is 0. The number of nitrogens with zero attached hydrogens (tertiary/aromatic N) is 1. The molecule has 0 aliphatic carbocycles. The number of rotatable bonds is 2. The van der Waals surface area contributed by atoms with Crippen LogP contribution in [0.2, 0.25) is 0 Å². The van der Waals surface area contributed by atoms with Crippen molar-refractivity contribution >= 4 is 11.6 Å². The summed E-state index contributed by atoms with van der Waals surface area (Å²) in [4.78, 5) is 2.24. The third kappa shape index (κ3) is 1.07. The Hall–Kier alpha value is 0.250. The molecule has 2 unspecified atom stereocenters. The molecule has 1 rings (SSSR count). The van der Waals surface area contributed by atoms with Crippen LogP contribution in [0.5, 0.6) is 0 Å². The van der Waals surface area contributed by atoms with Crippen molar-refractivity contribution in [1.82, 2.24) is 4.90 Å². The van der Waals surface area contributed by atoms with Crippen LogP contribution in [0, 0.1) is 0 Å². The van der Waals surface area contributed by atoms with E-state index in [1.807, 2.05) is 0 Å². The van der Waals surface area contributed by atoms with Gasteiger partial charge in [-0.15, -0.1) is 11.6 Å². The van der Waals surface area contributed by atoms with Crippen molar-refractivity contribution in [1.29, 1.82) is 0 Å². The van der Waals surface area contributed by atoms with E-state index in [9.17, 15) is 0 Å². The van der Waals surface area contributed by atoms with Crippen molar-refractivity contribution < 1.29 is 0 Å². The van der Waals surface area contributed by atoms with Gasteiger partial charge in [-0.25, -0.2) is 0 Å². The van der Waals surface area contributed by atoms with Crippen LogP contribution in [-0.2, 0) is 0 Å². The first-order valence-electron chi connectivity index (χ1n) is 2.68. The smallest absolute Gasteiger partial charge is 0.0741 e. The summed E-state index contributed by atoms with van der Waals surface area (Å²) in [7, 11) is 0. The predicted molar refractivity (Wildman–Crippen MR) is 31.5 cm³/mol. The molecule has 1 aliphatic rings. The van der Waals surface area contributed by atoms with Crippen LogP contribution in [0.25, 0.3) is 0 Å². The lowest BCUT2D eigenvalue weighted by Crippen LogP contribution is -1.95. The first-order valence-corrected chi connectivity index (χ1v) is 3.22. The van der Waals surface area contributed by atoms with Crippen LogP contribution >= 0.6 is 11.6 Å². The van der Waals surface area contributed by atoms with Gasteiger partial charge in [0.1, 0.15) is 0 Å². The molecule has 0 saturated carbocycles. The largest absolute Gasteiger partial charge is 0.284 e. The molecule has 1 aliphatic heterocycles. The minimum Gasteiger partial charge on any atom is -0.284 e. The van der Waals surface area contributed by atoms with Crippen molar-refractivity contribution in [3.63, 3.8) is 0 Å². The van der Waals surface area contributed by atoms with Crippen LogP contribution in [0.15, 0.2) is 0 Å². The van der Waals surface area contributed by atoms with Gasteiger partial charge in [0.25, 0.3) is 0 Å². The Morgan fingerprint density at radius 2 is 2.57 bits per heavy atom. The van der Waals surface area contributed by atoms with Crippen LogP contribution in [0.4, 0.5) is 0 Å². The van der Waals surface area contributed by atoms with Gasteiger partial charge in [0.15, 0.2) is 0 Å². The quantitative estimate of drug-likeness (QED) is 0.301. The highest BCUT2D eigenvalue weighted by Crippen LogP contribution is 2.19. The fourth-order valence-corrected chi connectivity index (χ4v) is 1.05. The average molecular weight is 120 g/mol. The predicted octanol–water partition coefficient (Wildman–Crippen LogP) is 1.28. The average Bonchev–Trinajstić information content (AvgIpc) is 2.43. The van der Waals surface area contributed by atoms with Gasteiger partial charge in [-0.1, -0.05) is 6.92 Å². The van der Waals surface area contributed by atoms with Crippen LogP contribution < -0.4 is 0 Å². The van der Waals surface area contributed by atoms with Gasteiger partial charge < -0.3 is 0 Å². The number of halogens is 1. The second-order valence-electron chi connectivity index (χ2n) is 1.95. The maximum absolute atomic E-state index is 5.50. The van der Waals surface area contributed by atoms with Gasteiger partial charge in [-0.2, -0.15) is 0 Å². The second-order valence-corrected chi connectivity index (χ2v) is 2.19. The van der Waals surface area contributed by atoms with Gasteiger partial charge >= 0.3 is 0 Å². The van der Waals surface area contributed by atoms with E-state index < -0.39 is 0 Å². The molecule has 0 aromatic carbocycles. The summed E-state index contributed by atoms with van der Waals surface area (Å²) in [6.07, 6.45) is 1.26. The molecular weight excluding hydrogens is 110 g/mol. The van der Waals surface area contributed by atoms with E-state index in [1.54, 1.807) is 0 Å². The molecule has 1 saturated heterocycles. The van der Waals surface area contributed by atoms with Gasteiger partial charge in [0.2, 0.25) is 0 Å². The number of hydrogen-bond donors (Lipinski definition) is 0. The van der Waals surface area contributed by atoms with E-state index in [-0.39, 0.29) is 0 Å². The maximum atomic E-state index is 5.50. The highest BCUT2D eigenvalue weighted by Gasteiger charge is 2.30. The Kier molecular flexibility index (Phi) is 1.55. The van der Waals surface area contributed by atoms with Gasteiger partial charge in [0.05, 0.1) is 6.00 Å². The standard InChI is InChI=1S/C5H10ClN/c1-2-5-3-7(5)4-6/h5H,2-4H2,1H3. The Labute approximate surface area is 49.3 Å². The van der Waals surface area contributed by atoms with Crippen molar-refractivity contribution in [2.45, 2.75) is 19.4 Å². The zero-order valence-corrected chi connectivity index (χ0v) is 5.28. The Balaban J connectivity index is 2.06. The molecule has 0 bridgehead atoms. The summed E-state index contributed by atoms with van der Waals surface area (Å²) >= 11 is 5.50. The van der Waals surface area contributed by atoms with Crippen molar-refractivity contribution in [2.75, 3.05) is 12.5 Å². The fourth-order valence-electron chi connectivity index (χ4n) is 0.757. The zero-order valence-electron chi connectivity index (χ0n) is 4.52. The van der Waals surface area contributed by atoms with E-state index in [4.69, 9.17) is 11.6 Å². The lowest BCUT2D eigenvalue weighted by molar-refractivity contribution is 0.579. The lowest BCUT2D eigenvalue weighted by atomic mass is 10.4. The fraction of sp³-hybridized carbons (Fsp3) is 1.00. The second kappa shape index (κ2) is 2.01. The maximum Gasteiger partial charge on any atom is 0.0741 e. The summed E-state index contributed by atoms with van der Waals surface area (Å²) < 4.78 is 0. The van der Waals surface area contributed by atoms with Crippen LogP contribution in [0.3, 0.4) is 0 Å². The van der Waals surface area contributed by atoms with E-state index >= 15 is 0 Å². The molecule has 2 atom stereocenters. The summed E-state index contributed by atoms with van der Waals surface area (Å²) in [6, 6.07) is 1.54. The molecular formula is C5H10ClN. The Morgan fingerprint density at radius 1 is 1.86 bits per heavy atom. The first kappa shape index (κ1) is 5.39. The van der Waals surface area contributed by atoms with Crippen LogP contribution in [0.1, 0.15) is 13.3 Å². The molecule has 0 radical (unpaired) electrons. The molecule has 7 heavy (non-hydrogen) atoms. The topological polar surface area (TPSA) is 3.01 Å². The summed E-state index contributed by atoms with van der Waals surface area (Å²) in [6.45, 7) is 3.41. The molecule has 42 valence electrons. The molecule has 2 heteroatoms. The van der Waals surface area contributed by atoms with Gasteiger partial charge in [0, 0.05) is 12.6 Å². The SMILES string of the molecule is CCC1CN1CCl. The molecule has 1 heterocycles. The van der Waals surface area contributed by atoms with E-state index in [1.165, 1.54) is 13.0 Å². The van der Waals surface area contributed by atoms with Gasteiger partial charge in [-0.3, -0.25) is 4.90 Å². The van der Waals surface area contributed by atoms with E-state index in [0.29, 0.717) is 0 Å². The molecule has 0 N–H and O–H groups in total. The van der Waals surface area contributed by atoms with Crippen molar-refractivity contribution in [3.05, 3.63) is 0 Å². The van der Waals surface area contributed by atoms with Crippen molar-refractivity contribution in [3.8, 4) is 0 Å². The number of alkyl halides is 1. The molecule has 0 spiro atoms. The van der Waals surface area contributed by atoms with Crippen LogP contribution in [-0.4, -0.2) is 23.5 Å². The monoisotopic (exact) mass is 119 g/mol. The molecule has 1 fully saturated rings. The zero-order chi connectivity index (χ0) is 5.28. The Morgan fingerprint density at radius 3 is 2.71 bits per heavy atom. The highest BCUT2D eigenvalue weighted by atomic mass is 35.5. The van der Waals surface area contributed by atoms with Crippen molar-refractivity contribution in [2.24, 2.45) is 0 Å². The Bertz CT molecular complexity index is 57.1. The number of hydrogen-bond acceptors (Lipinski definition) is 1. The normalized spacial score (nSPS) is 38.6. The highest BCUT2D eigenvalue weighted by molar-refractivity contribution is 6.17. The third-order valence-electron chi connectivity index (χ3n) is 1.45. The van der Waals surface area contributed by atoms with Gasteiger partial charge in [-0.05, 0) is 6.42 Å². The molecule has 0 aromatic heterocycles. The minimum atomic E-state index is 0.721. The lowest BCUT2D eigenvalue weighted by Gasteiger charge is -1.89. The summed E-state index contributed by atoms with van der Waals surface area (Å²) in [5.74, 6) is 0. The third-order valence-corrected chi connectivity index (χ3v) is 1.76. The minimum absolute atomic E-state index is 0.721. The summed E-state index contributed by atoms with van der Waals surface area (Å²) in [5.41, 5.74) is 0. The molecule has 0 amide bonds. The first-order chi connectivity index (χ1) is 3.38.